The summed E-state index contributed by atoms with van der Waals surface area (Å²) in [6, 6.07) is 5.39. The second-order valence-corrected chi connectivity index (χ2v) is 6.73. The number of amides is 1. The maximum absolute atomic E-state index is 12.3. The molecule has 8 heteroatoms. The number of morpholine rings is 1. The number of hydrogen-bond acceptors (Lipinski definition) is 6. The van der Waals surface area contributed by atoms with Crippen LogP contribution in [-0.4, -0.2) is 57.3 Å². The van der Waals surface area contributed by atoms with Crippen LogP contribution in [0.4, 0.5) is 0 Å². The third-order valence-corrected chi connectivity index (χ3v) is 5.12. The van der Waals surface area contributed by atoms with Crippen molar-refractivity contribution in [2.24, 2.45) is 0 Å². The predicted octanol–water partition coefficient (Wildman–Crippen LogP) is 0.534. The number of hydrogen-bond donors (Lipinski definition) is 1. The van der Waals surface area contributed by atoms with E-state index in [2.05, 4.69) is 10.2 Å². The van der Waals surface area contributed by atoms with Crippen molar-refractivity contribution >= 4 is 27.5 Å². The minimum absolute atomic E-state index is 0.0165. The number of carbonyl (C=O) groups is 1. The number of nitrogens with zero attached hydrogens (tertiary/aromatic N) is 2. The topological polar surface area (TPSA) is 77.7 Å². The van der Waals surface area contributed by atoms with Gasteiger partial charge in [-0.15, -0.1) is 0 Å². The van der Waals surface area contributed by atoms with Gasteiger partial charge in [-0.1, -0.05) is 11.3 Å². The fourth-order valence-electron chi connectivity index (χ4n) is 2.65. The van der Waals surface area contributed by atoms with Crippen molar-refractivity contribution in [1.29, 1.82) is 0 Å². The van der Waals surface area contributed by atoms with Gasteiger partial charge >= 0.3 is 0 Å². The number of carbonyl (C=O) groups excluding carboxylic acids is 1. The molecule has 7 nitrogen and oxygen atoms in total. The quantitative estimate of drug-likeness (QED) is 0.607. The largest absolute Gasteiger partial charge is 0.617 e. The van der Waals surface area contributed by atoms with E-state index in [-0.39, 0.29) is 5.91 Å². The van der Waals surface area contributed by atoms with Gasteiger partial charge in [-0.2, -0.15) is 4.73 Å². The van der Waals surface area contributed by atoms with Gasteiger partial charge in [0.15, 0.2) is 0 Å². The number of aromatic nitrogens is 1. The van der Waals surface area contributed by atoms with Crippen LogP contribution in [0.25, 0.3) is 10.2 Å². The standard InChI is InChI=1S/C16H21N3O4S/c1-22-12-2-3-13-14(10-12)24-16(19(13)21)4-5-17-15(20)11-18-6-8-23-9-7-18/h2-3,10H,4-9,11H2,1H3,(H,17,20). The number of benzene rings is 1. The molecule has 1 aliphatic heterocycles. The molecular weight excluding hydrogens is 330 g/mol. The zero-order valence-electron chi connectivity index (χ0n) is 13.6. The first-order valence-electron chi connectivity index (χ1n) is 7.93. The number of ether oxygens (including phenoxy) is 2. The summed E-state index contributed by atoms with van der Waals surface area (Å²) in [5, 5.41) is 15.8. The van der Waals surface area contributed by atoms with E-state index in [4.69, 9.17) is 9.47 Å². The Morgan fingerprint density at radius 1 is 1.46 bits per heavy atom. The average molecular weight is 351 g/mol. The second kappa shape index (κ2) is 7.78. The molecule has 1 aromatic carbocycles. The Hall–Kier alpha value is -1.90. The van der Waals surface area contributed by atoms with E-state index in [0.29, 0.717) is 43.2 Å². The van der Waals surface area contributed by atoms with Crippen molar-refractivity contribution in [3.05, 3.63) is 28.4 Å². The number of methoxy groups -OCH3 is 1. The number of fused-ring (bicyclic) bond motifs is 1. The van der Waals surface area contributed by atoms with Gasteiger partial charge in [0.2, 0.25) is 11.4 Å². The molecule has 1 aliphatic rings. The lowest BCUT2D eigenvalue weighted by Crippen LogP contribution is -2.43. The monoisotopic (exact) mass is 351 g/mol. The van der Waals surface area contributed by atoms with E-state index < -0.39 is 0 Å². The van der Waals surface area contributed by atoms with E-state index in [0.717, 1.165) is 28.3 Å². The van der Waals surface area contributed by atoms with Crippen LogP contribution in [0.2, 0.25) is 0 Å². The fourth-order valence-corrected chi connectivity index (χ4v) is 3.72. The third-order valence-electron chi connectivity index (χ3n) is 3.97. The van der Waals surface area contributed by atoms with Gasteiger partial charge in [0.05, 0.1) is 33.3 Å². The summed E-state index contributed by atoms with van der Waals surface area (Å²) >= 11 is 1.43. The lowest BCUT2D eigenvalue weighted by molar-refractivity contribution is -0.580. The van der Waals surface area contributed by atoms with E-state index in [1.165, 1.54) is 11.3 Å². The Kier molecular flexibility index (Phi) is 5.49. The normalized spacial score (nSPS) is 15.5. The molecule has 3 rings (SSSR count). The van der Waals surface area contributed by atoms with Gasteiger partial charge in [0.25, 0.3) is 5.01 Å². The van der Waals surface area contributed by atoms with Crippen LogP contribution in [-0.2, 0) is 16.0 Å². The summed E-state index contributed by atoms with van der Waals surface area (Å²) in [5.41, 5.74) is 0.635. The SMILES string of the molecule is COc1ccc2c(c1)sc(CCNC(=O)CN1CCOCC1)[n+]2[O-]. The molecule has 24 heavy (non-hydrogen) atoms. The summed E-state index contributed by atoms with van der Waals surface area (Å²) in [6.45, 7) is 3.75. The fraction of sp³-hybridized carbons (Fsp3) is 0.500. The molecule has 0 spiro atoms. The summed E-state index contributed by atoms with van der Waals surface area (Å²) in [4.78, 5) is 14.0. The lowest BCUT2D eigenvalue weighted by Gasteiger charge is -2.25. The van der Waals surface area contributed by atoms with Gasteiger partial charge in [-0.3, -0.25) is 9.69 Å². The molecule has 0 atom stereocenters. The molecular formula is C16H21N3O4S. The molecule has 1 saturated heterocycles. The van der Waals surface area contributed by atoms with E-state index in [1.807, 2.05) is 6.07 Å². The molecule has 0 unspecified atom stereocenters. The van der Waals surface area contributed by atoms with E-state index >= 15 is 0 Å². The number of nitrogens with one attached hydrogen (secondary N) is 1. The highest BCUT2D eigenvalue weighted by molar-refractivity contribution is 7.18. The Balaban J connectivity index is 1.53. The average Bonchev–Trinajstić information content (AvgIpc) is 2.91. The zero-order valence-corrected chi connectivity index (χ0v) is 14.4. The van der Waals surface area contributed by atoms with Gasteiger partial charge in [0.1, 0.15) is 10.4 Å². The molecule has 1 amide bonds. The highest BCUT2D eigenvalue weighted by Gasteiger charge is 2.17. The summed E-state index contributed by atoms with van der Waals surface area (Å²) in [5.74, 6) is 0.715. The second-order valence-electron chi connectivity index (χ2n) is 5.61. The van der Waals surface area contributed by atoms with Crippen LogP contribution in [0.1, 0.15) is 5.01 Å². The Morgan fingerprint density at radius 2 is 2.25 bits per heavy atom. The summed E-state index contributed by atoms with van der Waals surface area (Å²) < 4.78 is 12.3. The first-order valence-corrected chi connectivity index (χ1v) is 8.75. The smallest absolute Gasteiger partial charge is 0.251 e. The number of rotatable bonds is 6. The van der Waals surface area contributed by atoms with Crippen LogP contribution in [0.15, 0.2) is 18.2 Å². The molecule has 2 aromatic rings. The maximum atomic E-state index is 12.3. The highest BCUT2D eigenvalue weighted by atomic mass is 32.1. The van der Waals surface area contributed by atoms with Crippen molar-refractivity contribution in [3.8, 4) is 5.75 Å². The van der Waals surface area contributed by atoms with Gasteiger partial charge in [-0.25, -0.2) is 0 Å². The van der Waals surface area contributed by atoms with Crippen LogP contribution in [0.5, 0.6) is 5.75 Å². The van der Waals surface area contributed by atoms with Crippen molar-refractivity contribution in [1.82, 2.24) is 10.2 Å². The number of thiazole rings is 1. The van der Waals surface area contributed by atoms with Crippen molar-refractivity contribution in [2.75, 3.05) is 46.5 Å². The molecule has 0 aliphatic carbocycles. The summed E-state index contributed by atoms with van der Waals surface area (Å²) in [7, 11) is 1.60. The third kappa shape index (κ3) is 3.95. The highest BCUT2D eigenvalue weighted by Crippen LogP contribution is 2.24. The summed E-state index contributed by atoms with van der Waals surface area (Å²) in [6.07, 6.45) is 0.514. The molecule has 0 radical (unpaired) electrons. The Morgan fingerprint density at radius 3 is 3.00 bits per heavy atom. The molecule has 1 fully saturated rings. The van der Waals surface area contributed by atoms with Crippen molar-refractivity contribution in [3.63, 3.8) is 0 Å². The molecule has 0 saturated carbocycles. The molecule has 2 heterocycles. The van der Waals surface area contributed by atoms with Crippen molar-refractivity contribution < 1.29 is 19.0 Å². The Bertz CT molecular complexity index is 713. The molecule has 130 valence electrons. The predicted molar refractivity (Wildman–Crippen MR) is 91.3 cm³/mol. The maximum Gasteiger partial charge on any atom is 0.251 e. The van der Waals surface area contributed by atoms with Crippen LogP contribution in [0, 0.1) is 5.21 Å². The van der Waals surface area contributed by atoms with Gasteiger partial charge in [-0.05, 0) is 6.07 Å². The first kappa shape index (κ1) is 16.9. The lowest BCUT2D eigenvalue weighted by atomic mass is 10.3. The van der Waals surface area contributed by atoms with Gasteiger partial charge < -0.3 is 20.0 Å². The first-order chi connectivity index (χ1) is 11.7. The van der Waals surface area contributed by atoms with Crippen LogP contribution in [0.3, 0.4) is 0 Å². The van der Waals surface area contributed by atoms with E-state index in [9.17, 15) is 10.0 Å². The zero-order chi connectivity index (χ0) is 16.9. The van der Waals surface area contributed by atoms with Crippen LogP contribution < -0.4 is 14.8 Å². The molecule has 0 bridgehead atoms. The van der Waals surface area contributed by atoms with Gasteiger partial charge in [0, 0.05) is 31.8 Å². The molecule has 1 aromatic heterocycles. The molecule has 1 N–H and O–H groups in total. The van der Waals surface area contributed by atoms with Crippen LogP contribution >= 0.6 is 11.3 Å². The van der Waals surface area contributed by atoms with E-state index in [1.54, 1.807) is 19.2 Å². The Labute approximate surface area is 144 Å². The minimum atomic E-state index is -0.0165. The minimum Gasteiger partial charge on any atom is -0.617 e. The van der Waals surface area contributed by atoms with Crippen molar-refractivity contribution in [2.45, 2.75) is 6.42 Å².